The topological polar surface area (TPSA) is 110 Å². The van der Waals surface area contributed by atoms with Crippen LogP contribution in [0.2, 0.25) is 0 Å². The normalized spacial score (nSPS) is 12.6. The molecule has 2 atom stereocenters. The number of hydrazine groups is 1. The van der Waals surface area contributed by atoms with Crippen molar-refractivity contribution >= 4 is 17.7 Å². The summed E-state index contributed by atoms with van der Waals surface area (Å²) in [4.78, 5) is 35.6. The molecule has 0 bridgehead atoms. The standard InChI is InChI=1S/C17H18FN3O5/c1-10(19-17(24)14-8-5-9-25-14)15(22)20-21-16(23)11(2)26-13-7-4-3-6-12(13)18/h3-11H,1-2H3,(H,19,24)(H,20,22)(H,21,23). The molecular formula is C17H18FN3O5. The predicted molar refractivity (Wildman–Crippen MR) is 88.4 cm³/mol. The molecule has 8 nitrogen and oxygen atoms in total. The molecule has 2 unspecified atom stereocenters. The van der Waals surface area contributed by atoms with E-state index < -0.39 is 35.7 Å². The lowest BCUT2D eigenvalue weighted by Gasteiger charge is -2.17. The number of benzene rings is 1. The van der Waals surface area contributed by atoms with Gasteiger partial charge in [0, 0.05) is 0 Å². The van der Waals surface area contributed by atoms with Gasteiger partial charge in [0.25, 0.3) is 17.7 Å². The molecule has 3 amide bonds. The summed E-state index contributed by atoms with van der Waals surface area (Å²) in [5.41, 5.74) is 4.31. The molecule has 9 heteroatoms. The van der Waals surface area contributed by atoms with E-state index in [2.05, 4.69) is 16.2 Å². The SMILES string of the molecule is CC(NC(=O)c1ccco1)C(=O)NNC(=O)C(C)Oc1ccccc1F. The Bertz CT molecular complexity index is 778. The average Bonchev–Trinajstić information content (AvgIpc) is 3.15. The van der Waals surface area contributed by atoms with E-state index >= 15 is 0 Å². The summed E-state index contributed by atoms with van der Waals surface area (Å²) >= 11 is 0. The number of amides is 3. The number of furan rings is 1. The van der Waals surface area contributed by atoms with Gasteiger partial charge in [-0.25, -0.2) is 4.39 Å². The molecule has 0 radical (unpaired) electrons. The molecule has 0 aliphatic carbocycles. The van der Waals surface area contributed by atoms with Crippen LogP contribution in [0.1, 0.15) is 24.4 Å². The zero-order valence-corrected chi connectivity index (χ0v) is 14.1. The zero-order chi connectivity index (χ0) is 19.1. The van der Waals surface area contributed by atoms with E-state index in [-0.39, 0.29) is 11.5 Å². The zero-order valence-electron chi connectivity index (χ0n) is 14.1. The van der Waals surface area contributed by atoms with E-state index in [1.165, 1.54) is 50.4 Å². The minimum Gasteiger partial charge on any atom is -0.478 e. The largest absolute Gasteiger partial charge is 0.478 e. The van der Waals surface area contributed by atoms with E-state index in [9.17, 15) is 18.8 Å². The summed E-state index contributed by atoms with van der Waals surface area (Å²) in [6, 6.07) is 7.69. The van der Waals surface area contributed by atoms with Crippen molar-refractivity contribution in [3.8, 4) is 5.75 Å². The van der Waals surface area contributed by atoms with Gasteiger partial charge in [0.15, 0.2) is 23.4 Å². The Morgan fingerprint density at radius 2 is 1.73 bits per heavy atom. The van der Waals surface area contributed by atoms with Gasteiger partial charge >= 0.3 is 0 Å². The number of nitrogens with one attached hydrogen (secondary N) is 3. The third kappa shape index (κ3) is 5.07. The second kappa shape index (κ2) is 8.65. The van der Waals surface area contributed by atoms with E-state index in [1.54, 1.807) is 6.07 Å². The van der Waals surface area contributed by atoms with Gasteiger partial charge in [-0.3, -0.25) is 25.2 Å². The van der Waals surface area contributed by atoms with Crippen molar-refractivity contribution in [2.45, 2.75) is 26.0 Å². The maximum atomic E-state index is 13.5. The first-order valence-corrected chi connectivity index (χ1v) is 7.73. The van der Waals surface area contributed by atoms with Gasteiger partial charge in [0.1, 0.15) is 6.04 Å². The highest BCUT2D eigenvalue weighted by atomic mass is 19.1. The summed E-state index contributed by atoms with van der Waals surface area (Å²) in [5, 5.41) is 2.41. The van der Waals surface area contributed by atoms with Crippen LogP contribution in [0.4, 0.5) is 4.39 Å². The highest BCUT2D eigenvalue weighted by Crippen LogP contribution is 2.16. The van der Waals surface area contributed by atoms with Crippen LogP contribution >= 0.6 is 0 Å². The minimum atomic E-state index is -1.06. The van der Waals surface area contributed by atoms with Crippen molar-refractivity contribution in [3.05, 3.63) is 54.2 Å². The van der Waals surface area contributed by atoms with Gasteiger partial charge in [-0.15, -0.1) is 0 Å². The Morgan fingerprint density at radius 3 is 2.38 bits per heavy atom. The lowest BCUT2D eigenvalue weighted by molar-refractivity contribution is -0.133. The molecule has 0 saturated heterocycles. The number of hydrogen-bond acceptors (Lipinski definition) is 5. The molecule has 138 valence electrons. The number of carbonyl (C=O) groups excluding carboxylic acids is 3. The summed E-state index contributed by atoms with van der Waals surface area (Å²) < 4.78 is 23.6. The minimum absolute atomic E-state index is 0.0561. The maximum absolute atomic E-state index is 13.5. The Hall–Kier alpha value is -3.36. The molecule has 0 aliphatic heterocycles. The molecule has 0 saturated carbocycles. The quantitative estimate of drug-likeness (QED) is 0.667. The van der Waals surface area contributed by atoms with Gasteiger partial charge in [0.2, 0.25) is 0 Å². The van der Waals surface area contributed by atoms with Gasteiger partial charge < -0.3 is 14.5 Å². The maximum Gasteiger partial charge on any atom is 0.287 e. The highest BCUT2D eigenvalue weighted by molar-refractivity contribution is 5.95. The van der Waals surface area contributed by atoms with Crippen LogP contribution in [0.25, 0.3) is 0 Å². The van der Waals surface area contributed by atoms with Crippen LogP contribution < -0.4 is 20.9 Å². The van der Waals surface area contributed by atoms with Gasteiger partial charge in [-0.1, -0.05) is 12.1 Å². The Labute approximate surface area is 148 Å². The Balaban J connectivity index is 1.79. The van der Waals surface area contributed by atoms with E-state index in [1.807, 2.05) is 0 Å². The molecular weight excluding hydrogens is 345 g/mol. The number of rotatable bonds is 6. The Kier molecular flexibility index (Phi) is 6.31. The lowest BCUT2D eigenvalue weighted by Crippen LogP contribution is -2.53. The fourth-order valence-corrected chi connectivity index (χ4v) is 1.86. The third-order valence-corrected chi connectivity index (χ3v) is 3.30. The molecule has 1 aromatic heterocycles. The summed E-state index contributed by atoms with van der Waals surface area (Å²) in [7, 11) is 0. The number of para-hydroxylation sites is 1. The molecule has 2 aromatic rings. The first kappa shape index (κ1) is 19.0. The fourth-order valence-electron chi connectivity index (χ4n) is 1.86. The molecule has 0 spiro atoms. The average molecular weight is 363 g/mol. The number of halogens is 1. The van der Waals surface area contributed by atoms with Crippen molar-refractivity contribution in [2.75, 3.05) is 0 Å². The van der Waals surface area contributed by atoms with Crippen LogP contribution in [0.5, 0.6) is 5.75 Å². The summed E-state index contributed by atoms with van der Waals surface area (Å²) in [6.07, 6.45) is 0.275. The number of hydrogen-bond donors (Lipinski definition) is 3. The van der Waals surface area contributed by atoms with Gasteiger partial charge in [0.05, 0.1) is 6.26 Å². The summed E-state index contributed by atoms with van der Waals surface area (Å²) in [6.45, 7) is 2.83. The Morgan fingerprint density at radius 1 is 1.04 bits per heavy atom. The van der Waals surface area contributed by atoms with Gasteiger partial charge in [-0.2, -0.15) is 0 Å². The molecule has 3 N–H and O–H groups in total. The van der Waals surface area contributed by atoms with Crippen molar-refractivity contribution < 1.29 is 27.9 Å². The number of ether oxygens (including phenoxy) is 1. The second-order valence-corrected chi connectivity index (χ2v) is 5.34. The van der Waals surface area contributed by atoms with Crippen molar-refractivity contribution in [1.29, 1.82) is 0 Å². The molecule has 26 heavy (non-hydrogen) atoms. The molecule has 1 aromatic carbocycles. The van der Waals surface area contributed by atoms with E-state index in [0.717, 1.165) is 0 Å². The van der Waals surface area contributed by atoms with Crippen LogP contribution in [0.3, 0.4) is 0 Å². The van der Waals surface area contributed by atoms with Crippen molar-refractivity contribution in [2.24, 2.45) is 0 Å². The van der Waals surface area contributed by atoms with Crippen molar-refractivity contribution in [3.63, 3.8) is 0 Å². The first-order valence-electron chi connectivity index (χ1n) is 7.73. The lowest BCUT2D eigenvalue weighted by atomic mass is 10.3. The fraction of sp³-hybridized carbons (Fsp3) is 0.235. The van der Waals surface area contributed by atoms with E-state index in [4.69, 9.17) is 9.15 Å². The van der Waals surface area contributed by atoms with Gasteiger partial charge in [-0.05, 0) is 38.1 Å². The number of carbonyl (C=O) groups is 3. The molecule has 1 heterocycles. The highest BCUT2D eigenvalue weighted by Gasteiger charge is 2.21. The third-order valence-electron chi connectivity index (χ3n) is 3.30. The molecule has 0 aliphatic rings. The van der Waals surface area contributed by atoms with Crippen LogP contribution in [-0.4, -0.2) is 29.9 Å². The summed E-state index contributed by atoms with van der Waals surface area (Å²) in [5.74, 6) is -2.55. The first-order chi connectivity index (χ1) is 12.4. The molecule has 0 fully saturated rings. The smallest absolute Gasteiger partial charge is 0.287 e. The van der Waals surface area contributed by atoms with Crippen molar-refractivity contribution in [1.82, 2.24) is 16.2 Å². The monoisotopic (exact) mass is 363 g/mol. The van der Waals surface area contributed by atoms with Crippen LogP contribution in [0.15, 0.2) is 47.1 Å². The van der Waals surface area contributed by atoms with Crippen LogP contribution in [0, 0.1) is 5.82 Å². The van der Waals surface area contributed by atoms with E-state index in [0.29, 0.717) is 0 Å². The molecule has 2 rings (SSSR count). The predicted octanol–water partition coefficient (Wildman–Crippen LogP) is 1.15. The second-order valence-electron chi connectivity index (χ2n) is 5.34. The van der Waals surface area contributed by atoms with Crippen LogP contribution in [-0.2, 0) is 9.59 Å².